The summed E-state index contributed by atoms with van der Waals surface area (Å²) >= 11 is 6.62. The molecule has 2 atom stereocenters. The maximum atomic E-state index is 14.7. The summed E-state index contributed by atoms with van der Waals surface area (Å²) in [6.07, 6.45) is 3.49. The summed E-state index contributed by atoms with van der Waals surface area (Å²) in [5, 5.41) is 0.536. The van der Waals surface area contributed by atoms with Gasteiger partial charge in [0.25, 0.3) is 0 Å². The second kappa shape index (κ2) is 13.7. The number of piperidine rings is 1. The Morgan fingerprint density at radius 3 is 2.53 bits per heavy atom. The fourth-order valence-corrected chi connectivity index (χ4v) is 5.73. The molecule has 0 unspecified atom stereocenters. The van der Waals surface area contributed by atoms with E-state index in [-0.39, 0.29) is 44.6 Å². The Balaban J connectivity index is 1.76. The highest BCUT2D eigenvalue weighted by molar-refractivity contribution is 6.31. The van der Waals surface area contributed by atoms with E-state index in [2.05, 4.69) is 6.58 Å². The van der Waals surface area contributed by atoms with Crippen LogP contribution in [-0.4, -0.2) is 66.9 Å². The molecule has 2 aliphatic rings. The van der Waals surface area contributed by atoms with Crippen LogP contribution < -0.4 is 0 Å². The van der Waals surface area contributed by atoms with Gasteiger partial charge in [0.1, 0.15) is 11.2 Å². The van der Waals surface area contributed by atoms with Gasteiger partial charge in [0.05, 0.1) is 19.1 Å². The molecule has 234 valence electrons. The Kier molecular flexibility index (Phi) is 10.5. The number of likely N-dealkylation sites (tertiary alicyclic amines) is 1. The number of amides is 2. The molecule has 1 saturated heterocycles. The van der Waals surface area contributed by atoms with E-state index in [0.29, 0.717) is 23.6 Å². The molecule has 2 aromatic carbocycles. The largest absolute Gasteiger partial charge is 0.444 e. The van der Waals surface area contributed by atoms with Crippen molar-refractivity contribution < 1.29 is 32.6 Å². The second-order valence-electron chi connectivity index (χ2n) is 12.2. The van der Waals surface area contributed by atoms with Crippen molar-refractivity contribution in [1.29, 1.82) is 0 Å². The van der Waals surface area contributed by atoms with Crippen LogP contribution in [0.1, 0.15) is 56.7 Å². The lowest BCUT2D eigenvalue weighted by atomic mass is 9.74. The van der Waals surface area contributed by atoms with Gasteiger partial charge in [-0.1, -0.05) is 35.9 Å². The number of halogens is 3. The molecular weight excluding hydrogens is 578 g/mol. The zero-order valence-electron chi connectivity index (χ0n) is 25.3. The van der Waals surface area contributed by atoms with E-state index < -0.39 is 34.8 Å². The van der Waals surface area contributed by atoms with E-state index in [1.165, 1.54) is 11.0 Å². The van der Waals surface area contributed by atoms with Gasteiger partial charge in [0.15, 0.2) is 11.6 Å². The number of ether oxygens (including phenoxy) is 3. The Morgan fingerprint density at radius 2 is 1.91 bits per heavy atom. The average Bonchev–Trinajstić information content (AvgIpc) is 3.80. The molecule has 1 saturated carbocycles. The molecule has 1 heterocycles. The van der Waals surface area contributed by atoms with E-state index in [1.807, 2.05) is 18.2 Å². The predicted molar refractivity (Wildman–Crippen MR) is 161 cm³/mol. The summed E-state index contributed by atoms with van der Waals surface area (Å²) in [6.45, 7) is 10.1. The first kappa shape index (κ1) is 32.9. The first-order chi connectivity index (χ1) is 20.4. The molecule has 10 heteroatoms. The zero-order valence-corrected chi connectivity index (χ0v) is 26.1. The van der Waals surface area contributed by atoms with Crippen molar-refractivity contribution in [3.8, 4) is 0 Å². The summed E-state index contributed by atoms with van der Waals surface area (Å²) in [6, 6.07) is 9.28. The van der Waals surface area contributed by atoms with Crippen molar-refractivity contribution >= 4 is 23.6 Å². The molecule has 1 aliphatic heterocycles. The second-order valence-corrected chi connectivity index (χ2v) is 12.6. The molecule has 2 aromatic rings. The van der Waals surface area contributed by atoms with Crippen molar-refractivity contribution in [3.63, 3.8) is 0 Å². The Morgan fingerprint density at radius 1 is 1.16 bits per heavy atom. The minimum atomic E-state index is -1.35. The quantitative estimate of drug-likeness (QED) is 0.264. The lowest BCUT2D eigenvalue weighted by Crippen LogP contribution is -2.59. The van der Waals surface area contributed by atoms with Gasteiger partial charge >= 0.3 is 6.09 Å². The lowest BCUT2D eigenvalue weighted by molar-refractivity contribution is -0.164. The maximum Gasteiger partial charge on any atom is 0.410 e. The van der Waals surface area contributed by atoms with Gasteiger partial charge in [-0.3, -0.25) is 4.79 Å². The minimum absolute atomic E-state index is 0.0230. The predicted octanol–water partition coefficient (Wildman–Crippen LogP) is 6.65. The van der Waals surface area contributed by atoms with E-state index in [4.69, 9.17) is 25.8 Å². The van der Waals surface area contributed by atoms with Crippen molar-refractivity contribution in [2.45, 2.75) is 70.2 Å². The third-order valence-corrected chi connectivity index (χ3v) is 8.22. The number of nitrogens with zero attached hydrogens (tertiary/aromatic N) is 2. The third-order valence-electron chi connectivity index (χ3n) is 7.85. The number of hydrogen-bond donors (Lipinski definition) is 0. The standard InChI is InChI=1S/C33H41ClF2N2O5/c1-6-16-42-33(24-8-12-28(35)29(36)19-24)14-15-37(31(40)43-32(2,3)4)21-26(33)30(39)38(25-9-10-25)20-23-18-22(13-17-41-5)7-11-27(23)34/h6-8,11-12,18-19,25-26H,1,9-10,13-17,20-21H2,2-5H3/t26-,33+/m1/s1. The molecule has 0 spiro atoms. The van der Waals surface area contributed by atoms with Crippen molar-refractivity contribution in [1.82, 2.24) is 9.80 Å². The third kappa shape index (κ3) is 7.94. The summed E-state index contributed by atoms with van der Waals surface area (Å²) in [5.41, 5.74) is 0.0558. The molecule has 0 bridgehead atoms. The summed E-state index contributed by atoms with van der Waals surface area (Å²) in [7, 11) is 1.64. The Bertz CT molecular complexity index is 1330. The van der Waals surface area contributed by atoms with Crippen molar-refractivity contribution in [2.24, 2.45) is 5.92 Å². The number of rotatable bonds is 11. The molecule has 2 fully saturated rings. The van der Waals surface area contributed by atoms with Gasteiger partial charge in [-0.25, -0.2) is 13.6 Å². The van der Waals surface area contributed by atoms with Crippen LogP contribution in [0.25, 0.3) is 0 Å². The van der Waals surface area contributed by atoms with Crippen molar-refractivity contribution in [3.05, 3.63) is 82.4 Å². The molecule has 0 radical (unpaired) electrons. The first-order valence-electron chi connectivity index (χ1n) is 14.6. The lowest BCUT2D eigenvalue weighted by Gasteiger charge is -2.48. The molecule has 43 heavy (non-hydrogen) atoms. The van der Waals surface area contributed by atoms with E-state index in [0.717, 1.165) is 36.1 Å². The maximum absolute atomic E-state index is 14.7. The van der Waals surface area contributed by atoms with Crippen LogP contribution in [0.4, 0.5) is 13.6 Å². The van der Waals surface area contributed by atoms with Gasteiger partial charge in [-0.05, 0) is 81.3 Å². The Hall–Kier alpha value is -3.01. The van der Waals surface area contributed by atoms with Crippen LogP contribution >= 0.6 is 11.6 Å². The van der Waals surface area contributed by atoms with Crippen LogP contribution in [0.2, 0.25) is 5.02 Å². The first-order valence-corrected chi connectivity index (χ1v) is 15.0. The van der Waals surface area contributed by atoms with Crippen LogP contribution in [0, 0.1) is 17.6 Å². The van der Waals surface area contributed by atoms with Gasteiger partial charge < -0.3 is 24.0 Å². The summed E-state index contributed by atoms with van der Waals surface area (Å²) in [4.78, 5) is 31.2. The fraction of sp³-hybridized carbons (Fsp3) is 0.515. The smallest absolute Gasteiger partial charge is 0.410 e. The fourth-order valence-electron chi connectivity index (χ4n) is 5.55. The molecule has 0 N–H and O–H groups in total. The number of carbonyl (C=O) groups excluding carboxylic acids is 2. The van der Waals surface area contributed by atoms with E-state index >= 15 is 0 Å². The van der Waals surface area contributed by atoms with Crippen LogP contribution in [0.15, 0.2) is 49.1 Å². The van der Waals surface area contributed by atoms with Gasteiger partial charge in [0, 0.05) is 37.8 Å². The molecule has 0 aromatic heterocycles. The average molecular weight is 619 g/mol. The van der Waals surface area contributed by atoms with E-state index in [9.17, 15) is 18.4 Å². The zero-order chi connectivity index (χ0) is 31.4. The number of carbonyl (C=O) groups is 2. The SMILES string of the molecule is C=CCO[C@]1(c2ccc(F)c(F)c2)CCN(C(=O)OC(C)(C)C)C[C@@H]1C(=O)N(Cc1cc(CCOC)ccc1Cl)C1CC1. The minimum Gasteiger partial charge on any atom is -0.444 e. The normalized spacial score (nSPS) is 20.5. The van der Waals surface area contributed by atoms with Crippen LogP contribution in [0.5, 0.6) is 0 Å². The Labute approximate surface area is 257 Å². The highest BCUT2D eigenvalue weighted by Gasteiger charge is 2.53. The molecule has 4 rings (SSSR count). The topological polar surface area (TPSA) is 68.3 Å². The number of methoxy groups -OCH3 is 1. The highest BCUT2D eigenvalue weighted by Crippen LogP contribution is 2.44. The summed E-state index contributed by atoms with van der Waals surface area (Å²) in [5.74, 6) is -3.25. The number of hydrogen-bond acceptors (Lipinski definition) is 5. The van der Waals surface area contributed by atoms with Gasteiger partial charge in [0.2, 0.25) is 5.91 Å². The van der Waals surface area contributed by atoms with E-state index in [1.54, 1.807) is 38.9 Å². The molecule has 1 aliphatic carbocycles. The molecule has 7 nitrogen and oxygen atoms in total. The van der Waals surface area contributed by atoms with Crippen LogP contribution in [-0.2, 0) is 37.6 Å². The summed E-state index contributed by atoms with van der Waals surface area (Å²) < 4.78 is 45.9. The molecular formula is C33H41ClF2N2O5. The highest BCUT2D eigenvalue weighted by atomic mass is 35.5. The van der Waals surface area contributed by atoms with Gasteiger partial charge in [-0.2, -0.15) is 0 Å². The van der Waals surface area contributed by atoms with Gasteiger partial charge in [-0.15, -0.1) is 6.58 Å². The number of benzene rings is 2. The van der Waals surface area contributed by atoms with Crippen molar-refractivity contribution in [2.75, 3.05) is 33.4 Å². The molecule has 2 amide bonds. The van der Waals surface area contributed by atoms with Crippen LogP contribution in [0.3, 0.4) is 0 Å². The monoisotopic (exact) mass is 618 g/mol.